The van der Waals surface area contributed by atoms with Gasteiger partial charge in [0.25, 0.3) is 0 Å². The number of nitrogens with two attached hydrogens (primary N) is 1. The van der Waals surface area contributed by atoms with Gasteiger partial charge in [-0.25, -0.2) is 8.42 Å². The van der Waals surface area contributed by atoms with Crippen LogP contribution in [0, 0.1) is 5.92 Å². The Kier molecular flexibility index (Phi) is 6.00. The minimum absolute atomic E-state index is 0.0654. The predicted octanol–water partition coefficient (Wildman–Crippen LogP) is 2.23. The van der Waals surface area contributed by atoms with Crippen molar-refractivity contribution in [1.82, 2.24) is 4.31 Å². The number of carbonyl (C=O) groups excluding carboxylic acids is 1. The molecule has 0 heterocycles. The Morgan fingerprint density at radius 1 is 1.45 bits per heavy atom. The number of hydrogen-bond acceptors (Lipinski definition) is 3. The van der Waals surface area contributed by atoms with Gasteiger partial charge in [-0.3, -0.25) is 4.79 Å². The molecule has 0 unspecified atom stereocenters. The lowest BCUT2D eigenvalue weighted by atomic mass is 10.2. The van der Waals surface area contributed by atoms with Gasteiger partial charge in [-0.1, -0.05) is 25.4 Å². The van der Waals surface area contributed by atoms with Crippen molar-refractivity contribution in [3.05, 3.63) is 27.7 Å². The van der Waals surface area contributed by atoms with Crippen LogP contribution >= 0.6 is 27.5 Å². The Morgan fingerprint density at radius 2 is 2.05 bits per heavy atom. The van der Waals surface area contributed by atoms with Crippen LogP contribution in [0.2, 0.25) is 5.02 Å². The number of rotatable bonds is 6. The van der Waals surface area contributed by atoms with Crippen LogP contribution in [0.4, 0.5) is 0 Å². The van der Waals surface area contributed by atoms with Crippen LogP contribution in [0.15, 0.2) is 27.6 Å². The Labute approximate surface area is 132 Å². The molecule has 8 heteroatoms. The molecule has 1 aromatic carbocycles. The van der Waals surface area contributed by atoms with Gasteiger partial charge in [0.1, 0.15) is 0 Å². The van der Waals surface area contributed by atoms with Gasteiger partial charge in [0, 0.05) is 11.0 Å². The van der Waals surface area contributed by atoms with Gasteiger partial charge in [-0.05, 0) is 40.0 Å². The molecule has 2 N–H and O–H groups in total. The molecule has 1 rings (SSSR count). The summed E-state index contributed by atoms with van der Waals surface area (Å²) in [5.41, 5.74) is 5.12. The number of benzene rings is 1. The first-order valence-corrected chi connectivity index (χ1v) is 8.49. The lowest BCUT2D eigenvalue weighted by Gasteiger charge is -2.22. The minimum Gasteiger partial charge on any atom is -0.369 e. The van der Waals surface area contributed by atoms with Crippen molar-refractivity contribution in [2.24, 2.45) is 11.7 Å². The maximum atomic E-state index is 12.5. The zero-order valence-electron chi connectivity index (χ0n) is 11.1. The van der Waals surface area contributed by atoms with Crippen LogP contribution in [0.5, 0.6) is 0 Å². The summed E-state index contributed by atoms with van der Waals surface area (Å²) >= 11 is 9.03. The molecule has 0 spiro atoms. The van der Waals surface area contributed by atoms with Crippen molar-refractivity contribution in [3.63, 3.8) is 0 Å². The summed E-state index contributed by atoms with van der Waals surface area (Å²) in [6.45, 7) is 3.59. The van der Waals surface area contributed by atoms with E-state index in [4.69, 9.17) is 17.3 Å². The summed E-state index contributed by atoms with van der Waals surface area (Å²) in [5.74, 6) is -0.623. The molecule has 0 aliphatic rings. The van der Waals surface area contributed by atoms with E-state index in [2.05, 4.69) is 15.9 Å². The minimum atomic E-state index is -3.79. The fourth-order valence-corrected chi connectivity index (χ4v) is 3.86. The predicted molar refractivity (Wildman–Crippen MR) is 81.9 cm³/mol. The molecule has 0 aliphatic carbocycles. The highest BCUT2D eigenvalue weighted by Crippen LogP contribution is 2.27. The fourth-order valence-electron chi connectivity index (χ4n) is 1.62. The summed E-state index contributed by atoms with van der Waals surface area (Å²) in [4.78, 5) is 11.1. The van der Waals surface area contributed by atoms with Crippen LogP contribution in [-0.2, 0) is 14.8 Å². The van der Waals surface area contributed by atoms with Crippen LogP contribution in [-0.4, -0.2) is 31.7 Å². The Balaban J connectivity index is 3.20. The molecule has 0 atom stereocenters. The number of sulfonamides is 1. The number of primary amides is 1. The smallest absolute Gasteiger partial charge is 0.243 e. The van der Waals surface area contributed by atoms with Crippen molar-refractivity contribution in [3.8, 4) is 0 Å². The SMILES string of the molecule is CC(C)CN(CC(N)=O)S(=O)(=O)c1ccc(Cl)c(Br)c1. The summed E-state index contributed by atoms with van der Waals surface area (Å²) < 4.78 is 26.6. The number of amides is 1. The molecule has 20 heavy (non-hydrogen) atoms. The second kappa shape index (κ2) is 6.89. The molecule has 0 radical (unpaired) electrons. The van der Waals surface area contributed by atoms with Gasteiger partial charge >= 0.3 is 0 Å². The molecule has 0 aliphatic heterocycles. The van der Waals surface area contributed by atoms with Gasteiger partial charge < -0.3 is 5.73 Å². The third-order valence-electron chi connectivity index (χ3n) is 2.43. The highest BCUT2D eigenvalue weighted by atomic mass is 79.9. The van der Waals surface area contributed by atoms with Gasteiger partial charge in [0.05, 0.1) is 16.5 Å². The monoisotopic (exact) mass is 382 g/mol. The van der Waals surface area contributed by atoms with E-state index in [0.717, 1.165) is 4.31 Å². The maximum absolute atomic E-state index is 12.5. The quantitative estimate of drug-likeness (QED) is 0.818. The average molecular weight is 384 g/mol. The summed E-state index contributed by atoms with van der Waals surface area (Å²) in [5, 5.41) is 0.411. The number of carbonyl (C=O) groups is 1. The number of halogens is 2. The van der Waals surface area contributed by atoms with Crippen molar-refractivity contribution >= 4 is 43.5 Å². The summed E-state index contributed by atoms with van der Waals surface area (Å²) in [7, 11) is -3.79. The molecule has 0 saturated carbocycles. The second-order valence-electron chi connectivity index (χ2n) is 4.73. The summed E-state index contributed by atoms with van der Waals surface area (Å²) in [6, 6.07) is 4.29. The molecule has 1 amide bonds. The second-order valence-corrected chi connectivity index (χ2v) is 7.93. The van der Waals surface area contributed by atoms with Crippen LogP contribution in [0.25, 0.3) is 0 Å². The third-order valence-corrected chi connectivity index (χ3v) is 5.45. The van der Waals surface area contributed by atoms with E-state index in [1.807, 2.05) is 13.8 Å². The average Bonchev–Trinajstić information content (AvgIpc) is 2.30. The molecular formula is C12H16BrClN2O3S. The van der Waals surface area contributed by atoms with Crippen LogP contribution in [0.1, 0.15) is 13.8 Å². The van der Waals surface area contributed by atoms with Crippen molar-refractivity contribution in [2.45, 2.75) is 18.7 Å². The first-order valence-electron chi connectivity index (χ1n) is 5.88. The standard InChI is InChI=1S/C12H16BrClN2O3S/c1-8(2)6-16(7-12(15)17)20(18,19)9-3-4-11(14)10(13)5-9/h3-5,8H,6-7H2,1-2H3,(H2,15,17). The van der Waals surface area contributed by atoms with E-state index in [-0.39, 0.29) is 23.9 Å². The molecule has 1 aromatic rings. The van der Waals surface area contributed by atoms with Crippen molar-refractivity contribution in [1.29, 1.82) is 0 Å². The lowest BCUT2D eigenvalue weighted by molar-refractivity contribution is -0.118. The number of nitrogens with zero attached hydrogens (tertiary/aromatic N) is 1. The first kappa shape index (κ1) is 17.4. The largest absolute Gasteiger partial charge is 0.369 e. The first-order chi connectivity index (χ1) is 9.14. The van der Waals surface area contributed by atoms with Gasteiger partial charge in [-0.15, -0.1) is 0 Å². The van der Waals surface area contributed by atoms with E-state index < -0.39 is 15.9 Å². The molecular weight excluding hydrogens is 368 g/mol. The zero-order chi connectivity index (χ0) is 15.5. The molecule has 0 fully saturated rings. The lowest BCUT2D eigenvalue weighted by Crippen LogP contribution is -2.40. The molecule has 112 valence electrons. The Morgan fingerprint density at radius 3 is 2.50 bits per heavy atom. The van der Waals surface area contributed by atoms with Crippen LogP contribution in [0.3, 0.4) is 0 Å². The topological polar surface area (TPSA) is 80.5 Å². The van der Waals surface area contributed by atoms with E-state index in [1.165, 1.54) is 18.2 Å². The molecule has 0 bridgehead atoms. The van der Waals surface area contributed by atoms with Gasteiger partial charge in [-0.2, -0.15) is 4.31 Å². The Hall–Kier alpha value is -0.630. The van der Waals surface area contributed by atoms with E-state index in [9.17, 15) is 13.2 Å². The van der Waals surface area contributed by atoms with E-state index in [1.54, 1.807) is 0 Å². The Bertz CT molecular complexity index is 605. The maximum Gasteiger partial charge on any atom is 0.243 e. The zero-order valence-corrected chi connectivity index (χ0v) is 14.3. The van der Waals surface area contributed by atoms with E-state index >= 15 is 0 Å². The molecule has 5 nitrogen and oxygen atoms in total. The van der Waals surface area contributed by atoms with Gasteiger partial charge in [0.15, 0.2) is 0 Å². The van der Waals surface area contributed by atoms with Gasteiger partial charge in [0.2, 0.25) is 15.9 Å². The fraction of sp³-hybridized carbons (Fsp3) is 0.417. The highest BCUT2D eigenvalue weighted by molar-refractivity contribution is 9.10. The normalized spacial score (nSPS) is 12.1. The molecule has 0 aromatic heterocycles. The van der Waals surface area contributed by atoms with E-state index in [0.29, 0.717) is 9.50 Å². The third kappa shape index (κ3) is 4.44. The molecule has 0 saturated heterocycles. The van der Waals surface area contributed by atoms with Crippen molar-refractivity contribution < 1.29 is 13.2 Å². The van der Waals surface area contributed by atoms with Crippen molar-refractivity contribution in [2.75, 3.05) is 13.1 Å². The van der Waals surface area contributed by atoms with Crippen LogP contribution < -0.4 is 5.73 Å². The summed E-state index contributed by atoms with van der Waals surface area (Å²) in [6.07, 6.45) is 0. The number of hydrogen-bond donors (Lipinski definition) is 1. The highest BCUT2D eigenvalue weighted by Gasteiger charge is 2.27.